The number of hydrogen-bond acceptors (Lipinski definition) is 5. The summed E-state index contributed by atoms with van der Waals surface area (Å²) in [6.45, 7) is 7.00. The van der Waals surface area contributed by atoms with E-state index >= 15 is 0 Å². The van der Waals surface area contributed by atoms with Crippen LogP contribution in [0.4, 0.5) is 11.5 Å². The first-order valence-electron chi connectivity index (χ1n) is 7.28. The number of anilines is 1. The quantitative estimate of drug-likeness (QED) is 0.646. The number of nitrogens with zero attached hydrogens (tertiary/aromatic N) is 3. The lowest BCUT2D eigenvalue weighted by Crippen LogP contribution is -2.41. The lowest BCUT2D eigenvalue weighted by atomic mass is 10.1. The first-order chi connectivity index (χ1) is 10.0. The highest BCUT2D eigenvalue weighted by Gasteiger charge is 2.19. The van der Waals surface area contributed by atoms with Crippen LogP contribution in [0.5, 0.6) is 0 Å². The minimum atomic E-state index is -0.409. The number of pyridine rings is 1. The molecule has 1 unspecified atom stereocenters. The topological polar surface area (TPSA) is 71.3 Å². The van der Waals surface area contributed by atoms with Crippen molar-refractivity contribution >= 4 is 27.4 Å². The number of piperidine rings is 1. The van der Waals surface area contributed by atoms with Crippen molar-refractivity contribution in [2.24, 2.45) is 0 Å². The number of aromatic nitrogens is 1. The van der Waals surface area contributed by atoms with Gasteiger partial charge in [-0.05, 0) is 55.7 Å². The van der Waals surface area contributed by atoms with Crippen molar-refractivity contribution in [2.45, 2.75) is 39.2 Å². The molecule has 116 valence electrons. The molecule has 0 amide bonds. The second-order valence-corrected chi connectivity index (χ2v) is 6.31. The molecule has 21 heavy (non-hydrogen) atoms. The Labute approximate surface area is 133 Å². The van der Waals surface area contributed by atoms with E-state index < -0.39 is 4.92 Å². The third-order valence-electron chi connectivity index (χ3n) is 4.01. The van der Waals surface area contributed by atoms with Crippen LogP contribution >= 0.6 is 15.9 Å². The van der Waals surface area contributed by atoms with Crippen LogP contribution in [0.2, 0.25) is 0 Å². The van der Waals surface area contributed by atoms with E-state index in [1.54, 1.807) is 6.92 Å². The molecule has 1 N–H and O–H groups in total. The van der Waals surface area contributed by atoms with E-state index in [2.05, 4.69) is 38.1 Å². The van der Waals surface area contributed by atoms with E-state index in [0.29, 0.717) is 21.9 Å². The van der Waals surface area contributed by atoms with Gasteiger partial charge in [0.05, 0.1) is 9.40 Å². The molecule has 1 aromatic heterocycles. The molecule has 0 radical (unpaired) electrons. The zero-order valence-electron chi connectivity index (χ0n) is 12.4. The van der Waals surface area contributed by atoms with Gasteiger partial charge in [0.1, 0.15) is 12.0 Å². The maximum absolute atomic E-state index is 10.9. The first kappa shape index (κ1) is 16.2. The summed E-state index contributed by atoms with van der Waals surface area (Å²) in [5.41, 5.74) is 0.639. The van der Waals surface area contributed by atoms with Crippen LogP contribution in [0, 0.1) is 17.0 Å². The van der Waals surface area contributed by atoms with Crippen LogP contribution in [0.15, 0.2) is 10.7 Å². The van der Waals surface area contributed by atoms with Gasteiger partial charge in [0.2, 0.25) is 0 Å². The summed E-state index contributed by atoms with van der Waals surface area (Å²) in [6, 6.07) is 0.425. The summed E-state index contributed by atoms with van der Waals surface area (Å²) in [5, 5.41) is 14.2. The van der Waals surface area contributed by atoms with Gasteiger partial charge in [-0.25, -0.2) is 4.98 Å². The zero-order chi connectivity index (χ0) is 15.4. The van der Waals surface area contributed by atoms with E-state index in [1.807, 2.05) is 0 Å². The number of halogens is 1. The van der Waals surface area contributed by atoms with Crippen molar-refractivity contribution < 1.29 is 4.92 Å². The molecule has 1 atom stereocenters. The minimum absolute atomic E-state index is 0.0384. The Bertz CT molecular complexity index is 518. The molecular formula is C14H21BrN4O2. The minimum Gasteiger partial charge on any atom is -0.368 e. The molecular weight excluding hydrogens is 336 g/mol. The van der Waals surface area contributed by atoms with Crippen molar-refractivity contribution in [3.63, 3.8) is 0 Å². The molecule has 1 fully saturated rings. The monoisotopic (exact) mass is 356 g/mol. The second kappa shape index (κ2) is 7.17. The van der Waals surface area contributed by atoms with Crippen LogP contribution in [-0.4, -0.2) is 40.5 Å². The van der Waals surface area contributed by atoms with Gasteiger partial charge in [0.25, 0.3) is 5.69 Å². The fourth-order valence-corrected chi connectivity index (χ4v) is 3.05. The molecule has 6 nitrogen and oxygen atoms in total. The van der Waals surface area contributed by atoms with Crippen LogP contribution < -0.4 is 5.32 Å². The van der Waals surface area contributed by atoms with Crippen molar-refractivity contribution in [1.82, 2.24) is 9.88 Å². The lowest BCUT2D eigenvalue weighted by Gasteiger charge is -2.32. The van der Waals surface area contributed by atoms with Crippen LogP contribution in [0.25, 0.3) is 0 Å². The Morgan fingerprint density at radius 2 is 2.14 bits per heavy atom. The summed E-state index contributed by atoms with van der Waals surface area (Å²) in [6.07, 6.45) is 5.17. The first-order valence-corrected chi connectivity index (χ1v) is 8.07. The summed E-state index contributed by atoms with van der Waals surface area (Å²) in [4.78, 5) is 17.1. The molecule has 2 rings (SSSR count). The van der Waals surface area contributed by atoms with E-state index in [0.717, 1.165) is 19.6 Å². The van der Waals surface area contributed by atoms with Gasteiger partial charge >= 0.3 is 0 Å². The Hall–Kier alpha value is -1.21. The van der Waals surface area contributed by atoms with Crippen LogP contribution in [-0.2, 0) is 0 Å². The molecule has 7 heteroatoms. The SMILES string of the molecule is Cc1c([N+](=O)[O-])cnc(NCC(C)N2CCCCC2)c1Br. The van der Waals surface area contributed by atoms with Crippen molar-refractivity contribution in [3.05, 3.63) is 26.3 Å². The third kappa shape index (κ3) is 3.91. The van der Waals surface area contributed by atoms with E-state index in [4.69, 9.17) is 0 Å². The number of nitro groups is 1. The van der Waals surface area contributed by atoms with Gasteiger partial charge < -0.3 is 5.32 Å². The molecule has 1 saturated heterocycles. The summed E-state index contributed by atoms with van der Waals surface area (Å²) in [5.74, 6) is 0.668. The number of rotatable bonds is 5. The number of hydrogen-bond donors (Lipinski definition) is 1. The predicted octanol–water partition coefficient (Wildman–Crippen LogP) is 3.35. The van der Waals surface area contributed by atoms with Gasteiger partial charge in [-0.1, -0.05) is 6.42 Å². The Morgan fingerprint density at radius 3 is 2.76 bits per heavy atom. The third-order valence-corrected chi connectivity index (χ3v) is 4.98. The maximum Gasteiger partial charge on any atom is 0.291 e. The molecule has 0 aromatic carbocycles. The highest BCUT2D eigenvalue weighted by molar-refractivity contribution is 9.10. The molecule has 1 aliphatic heterocycles. The van der Waals surface area contributed by atoms with Crippen LogP contribution in [0.3, 0.4) is 0 Å². The fraction of sp³-hybridized carbons (Fsp3) is 0.643. The Kier molecular flexibility index (Phi) is 5.52. The molecule has 1 aliphatic rings. The molecule has 0 saturated carbocycles. The van der Waals surface area contributed by atoms with E-state index in [-0.39, 0.29) is 5.69 Å². The van der Waals surface area contributed by atoms with Gasteiger partial charge in [0.15, 0.2) is 0 Å². The average Bonchev–Trinajstić information content (AvgIpc) is 2.49. The van der Waals surface area contributed by atoms with Gasteiger partial charge in [-0.2, -0.15) is 0 Å². The standard InChI is InChI=1S/C14H21BrN4O2/c1-10(18-6-4-3-5-7-18)8-16-14-13(15)11(2)12(9-17-14)19(20)21/h9-10H,3-8H2,1-2H3,(H,16,17). The summed E-state index contributed by atoms with van der Waals surface area (Å²) >= 11 is 3.40. The number of nitrogens with one attached hydrogen (secondary N) is 1. The zero-order valence-corrected chi connectivity index (χ0v) is 14.0. The van der Waals surface area contributed by atoms with Crippen molar-refractivity contribution in [3.8, 4) is 0 Å². The molecule has 1 aromatic rings. The van der Waals surface area contributed by atoms with Crippen LogP contribution in [0.1, 0.15) is 31.7 Å². The average molecular weight is 357 g/mol. The Morgan fingerprint density at radius 1 is 1.48 bits per heavy atom. The second-order valence-electron chi connectivity index (χ2n) is 5.51. The molecule has 2 heterocycles. The normalized spacial score (nSPS) is 17.5. The van der Waals surface area contributed by atoms with Gasteiger partial charge in [0, 0.05) is 18.2 Å². The summed E-state index contributed by atoms with van der Waals surface area (Å²) in [7, 11) is 0. The van der Waals surface area contributed by atoms with E-state index in [9.17, 15) is 10.1 Å². The molecule has 0 spiro atoms. The van der Waals surface area contributed by atoms with Crippen molar-refractivity contribution in [2.75, 3.05) is 25.0 Å². The van der Waals surface area contributed by atoms with Gasteiger partial charge in [-0.3, -0.25) is 15.0 Å². The fourth-order valence-electron chi connectivity index (χ4n) is 2.61. The number of likely N-dealkylation sites (tertiary alicyclic amines) is 1. The molecule has 0 bridgehead atoms. The van der Waals surface area contributed by atoms with E-state index in [1.165, 1.54) is 25.5 Å². The summed E-state index contributed by atoms with van der Waals surface area (Å²) < 4.78 is 0.669. The lowest BCUT2D eigenvalue weighted by molar-refractivity contribution is -0.385. The van der Waals surface area contributed by atoms with Crippen molar-refractivity contribution in [1.29, 1.82) is 0 Å². The predicted molar refractivity (Wildman–Crippen MR) is 86.7 cm³/mol. The largest absolute Gasteiger partial charge is 0.368 e. The Balaban J connectivity index is 1.99. The smallest absolute Gasteiger partial charge is 0.291 e. The maximum atomic E-state index is 10.9. The van der Waals surface area contributed by atoms with Gasteiger partial charge in [-0.15, -0.1) is 0 Å². The molecule has 0 aliphatic carbocycles. The highest BCUT2D eigenvalue weighted by Crippen LogP contribution is 2.30. The highest BCUT2D eigenvalue weighted by atomic mass is 79.9.